The smallest absolute Gasteiger partial charge is 0.267 e. The van der Waals surface area contributed by atoms with Gasteiger partial charge in [0, 0.05) is 22.9 Å². The molecule has 106 valence electrons. The third kappa shape index (κ3) is 2.25. The van der Waals surface area contributed by atoms with Crippen LogP contribution in [0.5, 0.6) is 0 Å². The number of halogens is 1. The molecule has 2 aromatic heterocycles. The number of furan rings is 1. The van der Waals surface area contributed by atoms with Gasteiger partial charge in [0.2, 0.25) is 0 Å². The number of fused-ring (bicyclic) bond motifs is 1. The first-order valence-corrected chi connectivity index (χ1v) is 7.34. The molecule has 4 nitrogen and oxygen atoms in total. The summed E-state index contributed by atoms with van der Waals surface area (Å²) in [6.07, 6.45) is 2.31. The Morgan fingerprint density at radius 1 is 1.24 bits per heavy atom. The Balaban J connectivity index is 1.79. The molecule has 5 heteroatoms. The molecule has 0 spiro atoms. The molecule has 1 fully saturated rings. The first-order valence-electron chi connectivity index (χ1n) is 6.96. The van der Waals surface area contributed by atoms with Gasteiger partial charge in [-0.15, -0.1) is 0 Å². The van der Waals surface area contributed by atoms with Crippen LogP contribution in [-0.4, -0.2) is 9.78 Å². The summed E-state index contributed by atoms with van der Waals surface area (Å²) in [7, 11) is 0. The van der Waals surface area contributed by atoms with Crippen LogP contribution < -0.4 is 5.56 Å². The number of para-hydroxylation sites is 1. The zero-order valence-electron chi connectivity index (χ0n) is 11.3. The highest BCUT2D eigenvalue weighted by Crippen LogP contribution is 2.38. The molecule has 0 saturated heterocycles. The molecule has 0 bridgehead atoms. The zero-order chi connectivity index (χ0) is 14.4. The largest absolute Gasteiger partial charge is 0.444 e. The summed E-state index contributed by atoms with van der Waals surface area (Å²) in [5, 5.41) is 5.71. The fraction of sp³-hybridized carbons (Fsp3) is 0.250. The lowest BCUT2D eigenvalue weighted by atomic mass is 10.2. The normalized spacial score (nSPS) is 14.7. The van der Waals surface area contributed by atoms with E-state index in [4.69, 9.17) is 16.0 Å². The Bertz CT molecular complexity index is 877. The lowest BCUT2D eigenvalue weighted by Crippen LogP contribution is -2.23. The van der Waals surface area contributed by atoms with Gasteiger partial charge in [-0.3, -0.25) is 4.79 Å². The molecule has 0 atom stereocenters. The topological polar surface area (TPSA) is 48.0 Å². The molecule has 0 N–H and O–H groups in total. The second-order valence-corrected chi connectivity index (χ2v) is 5.72. The van der Waals surface area contributed by atoms with Crippen molar-refractivity contribution >= 4 is 22.6 Å². The van der Waals surface area contributed by atoms with Crippen LogP contribution in [0.25, 0.3) is 11.0 Å². The molecule has 0 amide bonds. The summed E-state index contributed by atoms with van der Waals surface area (Å²) in [4.78, 5) is 12.0. The lowest BCUT2D eigenvalue weighted by molar-refractivity contribution is 0.588. The van der Waals surface area contributed by atoms with Gasteiger partial charge in [-0.05, 0) is 36.6 Å². The third-order valence-electron chi connectivity index (χ3n) is 3.84. The summed E-state index contributed by atoms with van der Waals surface area (Å²) in [5.74, 6) is 0.508. The van der Waals surface area contributed by atoms with Crippen molar-refractivity contribution in [2.24, 2.45) is 0 Å². The molecule has 0 radical (unpaired) electrons. The average molecular weight is 301 g/mol. The van der Waals surface area contributed by atoms with Crippen LogP contribution in [0, 0.1) is 0 Å². The van der Waals surface area contributed by atoms with Crippen molar-refractivity contribution in [2.45, 2.75) is 25.3 Å². The number of hydrogen-bond donors (Lipinski definition) is 0. The van der Waals surface area contributed by atoms with Crippen LogP contribution in [0.2, 0.25) is 5.22 Å². The monoisotopic (exact) mass is 300 g/mol. The molecule has 3 aromatic rings. The van der Waals surface area contributed by atoms with Crippen LogP contribution in [0.4, 0.5) is 0 Å². The zero-order valence-corrected chi connectivity index (χ0v) is 12.0. The van der Waals surface area contributed by atoms with Crippen molar-refractivity contribution in [3.8, 4) is 0 Å². The standard InChI is InChI=1S/C16H13ClN2O2/c17-16-12(11-3-1-2-4-14(11)21-16)9-19-15(20)8-7-13(18-19)10-5-6-10/h1-4,7-8,10H,5-6,9H2. The molecular formula is C16H13ClN2O2. The van der Waals surface area contributed by atoms with Gasteiger partial charge in [-0.25, -0.2) is 4.68 Å². The summed E-state index contributed by atoms with van der Waals surface area (Å²) < 4.78 is 6.99. The van der Waals surface area contributed by atoms with Gasteiger partial charge < -0.3 is 4.42 Å². The fourth-order valence-corrected chi connectivity index (χ4v) is 2.79. The lowest BCUT2D eigenvalue weighted by Gasteiger charge is -2.05. The molecule has 2 heterocycles. The Morgan fingerprint density at radius 2 is 2.05 bits per heavy atom. The number of aromatic nitrogens is 2. The van der Waals surface area contributed by atoms with E-state index >= 15 is 0 Å². The van der Waals surface area contributed by atoms with Crippen molar-refractivity contribution in [3.63, 3.8) is 0 Å². The van der Waals surface area contributed by atoms with Crippen LogP contribution in [-0.2, 0) is 6.54 Å². The van der Waals surface area contributed by atoms with Crippen LogP contribution in [0.1, 0.15) is 30.0 Å². The van der Waals surface area contributed by atoms with E-state index in [1.807, 2.05) is 30.3 Å². The molecule has 1 aromatic carbocycles. The maximum absolute atomic E-state index is 12.0. The van der Waals surface area contributed by atoms with E-state index in [0.717, 1.165) is 35.1 Å². The van der Waals surface area contributed by atoms with E-state index in [-0.39, 0.29) is 5.56 Å². The Morgan fingerprint density at radius 3 is 2.86 bits per heavy atom. The maximum atomic E-state index is 12.0. The molecule has 0 aliphatic heterocycles. The summed E-state index contributed by atoms with van der Waals surface area (Å²) >= 11 is 6.17. The van der Waals surface area contributed by atoms with Crippen molar-refractivity contribution < 1.29 is 4.42 Å². The minimum atomic E-state index is -0.124. The second kappa shape index (κ2) is 4.74. The third-order valence-corrected chi connectivity index (χ3v) is 4.15. The van der Waals surface area contributed by atoms with E-state index in [1.165, 1.54) is 4.68 Å². The molecular weight excluding hydrogens is 288 g/mol. The fourth-order valence-electron chi connectivity index (χ4n) is 2.54. The van der Waals surface area contributed by atoms with E-state index in [2.05, 4.69) is 5.10 Å². The summed E-state index contributed by atoms with van der Waals surface area (Å²) in [5.41, 5.74) is 2.39. The number of hydrogen-bond acceptors (Lipinski definition) is 3. The number of rotatable bonds is 3. The highest BCUT2D eigenvalue weighted by atomic mass is 35.5. The van der Waals surface area contributed by atoms with Crippen LogP contribution >= 0.6 is 11.6 Å². The van der Waals surface area contributed by atoms with Gasteiger partial charge in [-0.2, -0.15) is 5.10 Å². The van der Waals surface area contributed by atoms with Crippen molar-refractivity contribution in [3.05, 3.63) is 63.2 Å². The Labute approximate surface area is 126 Å². The molecule has 0 unspecified atom stereocenters. The van der Waals surface area contributed by atoms with E-state index in [0.29, 0.717) is 17.7 Å². The van der Waals surface area contributed by atoms with Gasteiger partial charge in [0.1, 0.15) is 5.58 Å². The minimum absolute atomic E-state index is 0.124. The average Bonchev–Trinajstić information content (AvgIpc) is 3.27. The summed E-state index contributed by atoms with van der Waals surface area (Å²) in [6, 6.07) is 11.0. The molecule has 1 saturated carbocycles. The summed E-state index contributed by atoms with van der Waals surface area (Å²) in [6.45, 7) is 0.329. The van der Waals surface area contributed by atoms with Gasteiger partial charge >= 0.3 is 0 Å². The molecule has 21 heavy (non-hydrogen) atoms. The Kier molecular flexibility index (Phi) is 2.86. The van der Waals surface area contributed by atoms with E-state index in [9.17, 15) is 4.79 Å². The van der Waals surface area contributed by atoms with E-state index < -0.39 is 0 Å². The second-order valence-electron chi connectivity index (χ2n) is 5.38. The first kappa shape index (κ1) is 12.7. The van der Waals surface area contributed by atoms with Gasteiger partial charge in [-0.1, -0.05) is 18.2 Å². The van der Waals surface area contributed by atoms with Crippen molar-refractivity contribution in [1.82, 2.24) is 9.78 Å². The van der Waals surface area contributed by atoms with Gasteiger partial charge in [0.15, 0.2) is 5.22 Å². The van der Waals surface area contributed by atoms with E-state index in [1.54, 1.807) is 6.07 Å². The van der Waals surface area contributed by atoms with Crippen molar-refractivity contribution in [2.75, 3.05) is 0 Å². The minimum Gasteiger partial charge on any atom is -0.444 e. The van der Waals surface area contributed by atoms with Crippen molar-refractivity contribution in [1.29, 1.82) is 0 Å². The predicted octanol–water partition coefficient (Wildman–Crippen LogP) is 3.57. The van der Waals surface area contributed by atoms with Crippen LogP contribution in [0.3, 0.4) is 0 Å². The molecule has 1 aliphatic carbocycles. The predicted molar refractivity (Wildman–Crippen MR) is 80.8 cm³/mol. The number of benzene rings is 1. The molecule has 1 aliphatic rings. The SMILES string of the molecule is O=c1ccc(C2CC2)nn1Cc1c(Cl)oc2ccccc12. The molecule has 4 rings (SSSR count). The van der Waals surface area contributed by atoms with Crippen LogP contribution in [0.15, 0.2) is 45.6 Å². The van der Waals surface area contributed by atoms with Gasteiger partial charge in [0.05, 0.1) is 12.2 Å². The Hall–Kier alpha value is -2.07. The number of nitrogens with zero attached hydrogens (tertiary/aromatic N) is 2. The quantitative estimate of drug-likeness (QED) is 0.743. The van der Waals surface area contributed by atoms with Gasteiger partial charge in [0.25, 0.3) is 5.56 Å². The maximum Gasteiger partial charge on any atom is 0.267 e. The highest BCUT2D eigenvalue weighted by molar-refractivity contribution is 6.30. The highest BCUT2D eigenvalue weighted by Gasteiger charge is 2.25. The first-order chi connectivity index (χ1) is 10.2.